The second-order valence-electron chi connectivity index (χ2n) is 8.39. The van der Waals surface area contributed by atoms with Gasteiger partial charge in [-0.25, -0.2) is 33.3 Å². The minimum Gasteiger partial charge on any atom is -0.369 e. The number of alkyl halides is 2. The molecule has 4 aromatic heterocycles. The second-order valence-corrected chi connectivity index (χ2v) is 12.0. The Morgan fingerprint density at radius 2 is 2.10 bits per heavy atom. The van der Waals surface area contributed by atoms with Crippen LogP contribution in [0.2, 0.25) is 0 Å². The van der Waals surface area contributed by atoms with Crippen LogP contribution in [0, 0.1) is 0 Å². The highest BCUT2D eigenvalue weighted by Gasteiger charge is 2.62. The normalized spacial score (nSPS) is 28.8. The Labute approximate surface area is 223 Å². The van der Waals surface area contributed by atoms with Crippen molar-refractivity contribution in [3.05, 3.63) is 35.0 Å². The summed E-state index contributed by atoms with van der Waals surface area (Å²) in [6, 6.07) is 0. The lowest BCUT2D eigenvalue weighted by molar-refractivity contribution is -0.115. The largest absolute Gasteiger partial charge is 0.387 e. The molecule has 0 saturated carbocycles. The van der Waals surface area contributed by atoms with Gasteiger partial charge in [0.2, 0.25) is 5.95 Å². The molecule has 3 N–H and O–H groups in total. The van der Waals surface area contributed by atoms with Crippen molar-refractivity contribution in [3.8, 4) is 0 Å². The minimum absolute atomic E-state index is 0.117. The number of H-pyrrole nitrogens is 1. The lowest BCUT2D eigenvalue weighted by Crippen LogP contribution is -2.42. The third kappa shape index (κ3) is 4.93. The lowest BCUT2D eigenvalue weighted by Gasteiger charge is -2.26. The molecule has 0 radical (unpaired) electrons. The molecule has 0 amide bonds. The van der Waals surface area contributed by atoms with Crippen LogP contribution in [0.25, 0.3) is 22.3 Å². The van der Waals surface area contributed by atoms with Gasteiger partial charge in [-0.05, 0) is 0 Å². The Morgan fingerprint density at radius 3 is 2.95 bits per heavy atom. The van der Waals surface area contributed by atoms with Crippen LogP contribution in [0.3, 0.4) is 0 Å². The third-order valence-corrected chi connectivity index (χ3v) is 8.14. The number of imidazole rings is 2. The highest BCUT2D eigenvalue weighted by Crippen LogP contribution is 2.59. The number of aromatic amines is 1. The van der Waals surface area contributed by atoms with E-state index < -0.39 is 59.0 Å². The van der Waals surface area contributed by atoms with E-state index in [0.717, 1.165) is 10.9 Å². The van der Waals surface area contributed by atoms with Gasteiger partial charge < -0.3 is 24.1 Å². The Kier molecular flexibility index (Phi) is 6.87. The van der Waals surface area contributed by atoms with E-state index in [1.165, 1.54) is 12.5 Å². The summed E-state index contributed by atoms with van der Waals surface area (Å²) in [5.74, 6) is -3.79. The molecule has 2 aliphatic heterocycles. The highest BCUT2D eigenvalue weighted by molar-refractivity contribution is 8.44. The molecule has 39 heavy (non-hydrogen) atoms. The molecule has 1 saturated heterocycles. The van der Waals surface area contributed by atoms with Crippen molar-refractivity contribution < 1.29 is 36.2 Å². The quantitative estimate of drug-likeness (QED) is 0.209. The fourth-order valence-corrected chi connectivity index (χ4v) is 6.06. The summed E-state index contributed by atoms with van der Waals surface area (Å²) in [6.45, 7) is -5.15. The van der Waals surface area contributed by atoms with E-state index in [0.29, 0.717) is 11.2 Å². The topological polar surface area (TPSA) is 196 Å². The van der Waals surface area contributed by atoms with Crippen LogP contribution >= 0.6 is 28.1 Å². The molecule has 2 unspecified atom stereocenters. The summed E-state index contributed by atoms with van der Waals surface area (Å²) < 4.78 is 74.4. The second kappa shape index (κ2) is 10.1. The minimum atomic E-state index is -4.49. The van der Waals surface area contributed by atoms with Crippen molar-refractivity contribution in [1.82, 2.24) is 39.0 Å². The first-order valence-electron chi connectivity index (χ1n) is 11.2. The number of ether oxygens (including phenoxy) is 1. The number of anilines is 1. The number of halogens is 2. The van der Waals surface area contributed by atoms with E-state index in [2.05, 4.69) is 42.2 Å². The Morgan fingerprint density at radius 1 is 1.26 bits per heavy atom. The zero-order valence-electron chi connectivity index (χ0n) is 19.5. The molecule has 4 aromatic rings. The molecule has 16 nitrogen and oxygen atoms in total. The van der Waals surface area contributed by atoms with E-state index >= 15 is 8.78 Å². The summed E-state index contributed by atoms with van der Waals surface area (Å²) in [5, 5.41) is 0. The van der Waals surface area contributed by atoms with Crippen molar-refractivity contribution in [1.29, 1.82) is 0 Å². The maximum absolute atomic E-state index is 15.7. The number of nitrogens with one attached hydrogen (secondary N) is 1. The van der Waals surface area contributed by atoms with Crippen molar-refractivity contribution in [2.24, 2.45) is 0 Å². The monoisotopic (exact) mass is 605 g/mol. The van der Waals surface area contributed by atoms with Gasteiger partial charge in [0.1, 0.15) is 24.3 Å². The number of nitrogens with two attached hydrogens (primary N) is 1. The highest BCUT2D eigenvalue weighted by atomic mass is 32.7. The SMILES string of the molecule is Nc1nc2c(ncn2[C@@H]2O[C@@H]3COPOCCn4c(nc5cncnc54)COP(=O)(S)O[C@@H]2C3(F)F)c(=O)[nH]1. The molecule has 0 aromatic carbocycles. The number of thiol groups is 1. The van der Waals surface area contributed by atoms with E-state index in [1.54, 1.807) is 4.57 Å². The van der Waals surface area contributed by atoms with Crippen LogP contribution in [0.15, 0.2) is 23.6 Å². The van der Waals surface area contributed by atoms with Gasteiger partial charge in [0.15, 0.2) is 44.3 Å². The molecule has 208 valence electrons. The molecular weight excluding hydrogens is 586 g/mol. The summed E-state index contributed by atoms with van der Waals surface area (Å²) in [7, 11) is -0.602. The van der Waals surface area contributed by atoms with E-state index in [4.69, 9.17) is 28.6 Å². The van der Waals surface area contributed by atoms with Gasteiger partial charge in [0, 0.05) is 6.54 Å². The van der Waals surface area contributed by atoms with Crippen LogP contribution < -0.4 is 11.3 Å². The molecule has 0 spiro atoms. The first-order chi connectivity index (χ1) is 18.6. The molecule has 2 aliphatic rings. The van der Waals surface area contributed by atoms with Crippen LogP contribution in [-0.2, 0) is 40.5 Å². The maximum atomic E-state index is 15.7. The van der Waals surface area contributed by atoms with Crippen LogP contribution in [0.4, 0.5) is 14.7 Å². The third-order valence-electron chi connectivity index (χ3n) is 5.96. The number of nitrogens with zero attached hydrogens (tertiary/aromatic N) is 7. The van der Waals surface area contributed by atoms with Crippen molar-refractivity contribution in [2.45, 2.75) is 37.5 Å². The molecular formula is C18H19F2N9O7P2S. The summed E-state index contributed by atoms with van der Waals surface area (Å²) in [4.78, 5) is 34.9. The molecule has 2 bridgehead atoms. The summed E-state index contributed by atoms with van der Waals surface area (Å²) in [6.07, 6.45) is -1.90. The number of hydrogen-bond donors (Lipinski definition) is 3. The molecule has 6 heterocycles. The number of fused-ring (bicyclic) bond motifs is 6. The maximum Gasteiger partial charge on any atom is 0.387 e. The molecule has 1 fully saturated rings. The van der Waals surface area contributed by atoms with E-state index in [1.807, 2.05) is 0 Å². The van der Waals surface area contributed by atoms with Gasteiger partial charge in [0.05, 0.1) is 25.7 Å². The lowest BCUT2D eigenvalue weighted by atomic mass is 10.1. The summed E-state index contributed by atoms with van der Waals surface area (Å²) >= 11 is 3.94. The van der Waals surface area contributed by atoms with Gasteiger partial charge in [-0.2, -0.15) is 4.98 Å². The van der Waals surface area contributed by atoms with Gasteiger partial charge in [0.25, 0.3) is 5.56 Å². The number of hydrogen-bond acceptors (Lipinski definition) is 13. The van der Waals surface area contributed by atoms with Crippen LogP contribution in [0.1, 0.15) is 12.1 Å². The van der Waals surface area contributed by atoms with Crippen molar-refractivity contribution >= 4 is 56.4 Å². The number of nitrogen functional groups attached to an aromatic ring is 1. The van der Waals surface area contributed by atoms with Crippen molar-refractivity contribution in [3.63, 3.8) is 0 Å². The average Bonchev–Trinajstić information content (AvgIpc) is 3.52. The Hall–Kier alpha value is -2.63. The standard InChI is InChI=1S/C18H19F2N9O7P2S/c19-18(20)9-4-33-37-32-2-1-28-10(25-8-3-22-6-23-13(8)28)5-34-38(31,39)36-12(18)16(35-9)29-7-24-11-14(29)26-17(21)27-15(11)30/h3,6-7,9,12,16,37H,1-2,4-5H2,(H,31,39)(H3,21,26,27,30)/t9-,12+,16-,38?/m1/s1. The van der Waals surface area contributed by atoms with Gasteiger partial charge in [-0.15, -0.1) is 0 Å². The Bertz CT molecular complexity index is 1650. The van der Waals surface area contributed by atoms with Crippen molar-refractivity contribution in [2.75, 3.05) is 18.9 Å². The van der Waals surface area contributed by atoms with Gasteiger partial charge in [-0.1, -0.05) is 12.2 Å². The average molecular weight is 605 g/mol. The number of rotatable bonds is 1. The zero-order chi connectivity index (χ0) is 27.4. The van der Waals surface area contributed by atoms with Crippen LogP contribution in [0.5, 0.6) is 0 Å². The first kappa shape index (κ1) is 26.6. The van der Waals surface area contributed by atoms with Crippen LogP contribution in [-0.4, -0.2) is 70.4 Å². The van der Waals surface area contributed by atoms with E-state index in [-0.39, 0.29) is 36.1 Å². The fraction of sp³-hybridized carbons (Fsp3) is 0.444. The molecule has 6 rings (SSSR count). The fourth-order valence-electron chi connectivity index (χ4n) is 4.23. The molecule has 5 atom stereocenters. The first-order valence-corrected chi connectivity index (χ1v) is 14.7. The molecule has 21 heteroatoms. The molecule has 0 aliphatic carbocycles. The smallest absolute Gasteiger partial charge is 0.369 e. The zero-order valence-corrected chi connectivity index (χ0v) is 22.3. The predicted octanol–water partition coefficient (Wildman–Crippen LogP) is 1.57. The van der Waals surface area contributed by atoms with E-state index in [9.17, 15) is 9.36 Å². The van der Waals surface area contributed by atoms with Gasteiger partial charge in [-0.3, -0.25) is 23.4 Å². The Balaban J connectivity index is 1.37. The predicted molar refractivity (Wildman–Crippen MR) is 133 cm³/mol. The van der Waals surface area contributed by atoms with Gasteiger partial charge >= 0.3 is 12.7 Å². The number of aromatic nitrogens is 8. The summed E-state index contributed by atoms with van der Waals surface area (Å²) in [5.41, 5.74) is 5.50.